The van der Waals surface area contributed by atoms with Crippen LogP contribution in [0.2, 0.25) is 0 Å². The van der Waals surface area contributed by atoms with Crippen molar-refractivity contribution in [3.8, 4) is 0 Å². The van der Waals surface area contributed by atoms with Gasteiger partial charge in [0.25, 0.3) is 5.56 Å². The maximum atomic E-state index is 12.3. The minimum Gasteiger partial charge on any atom is -0.355 e. The third kappa shape index (κ3) is 4.53. The lowest BCUT2D eigenvalue weighted by atomic mass is 10.1. The van der Waals surface area contributed by atoms with Crippen LogP contribution in [0.1, 0.15) is 23.5 Å². The van der Waals surface area contributed by atoms with E-state index in [1.54, 1.807) is 24.2 Å². The molecule has 2 aromatic heterocycles. The Balaban J connectivity index is 1.49. The summed E-state index contributed by atoms with van der Waals surface area (Å²) >= 11 is 0. The summed E-state index contributed by atoms with van der Waals surface area (Å²) in [4.78, 5) is 48.5. The van der Waals surface area contributed by atoms with Crippen molar-refractivity contribution >= 4 is 11.8 Å². The Labute approximate surface area is 150 Å². The number of aryl methyl sites for hydroxylation is 1. The Bertz CT molecular complexity index is 849. The summed E-state index contributed by atoms with van der Waals surface area (Å²) < 4.78 is 0. The molecule has 0 spiro atoms. The van der Waals surface area contributed by atoms with E-state index in [2.05, 4.69) is 20.3 Å². The van der Waals surface area contributed by atoms with E-state index in [0.29, 0.717) is 37.6 Å². The minimum atomic E-state index is -0.358. The van der Waals surface area contributed by atoms with Crippen LogP contribution in [0, 0.1) is 12.8 Å². The Morgan fingerprint density at radius 1 is 1.42 bits per heavy atom. The molecule has 0 radical (unpaired) electrons. The number of hydrogen-bond donors (Lipinski definition) is 2. The van der Waals surface area contributed by atoms with E-state index in [1.165, 1.54) is 6.07 Å². The maximum absolute atomic E-state index is 12.3. The number of nitrogens with zero attached hydrogens (tertiary/aromatic N) is 3. The molecular formula is C18H21N5O3. The zero-order chi connectivity index (χ0) is 18.5. The molecule has 2 amide bonds. The molecular weight excluding hydrogens is 334 g/mol. The molecule has 0 bridgehead atoms. The fourth-order valence-corrected chi connectivity index (χ4v) is 3.02. The first-order valence-electron chi connectivity index (χ1n) is 8.52. The average Bonchev–Trinajstić information content (AvgIpc) is 2.96. The summed E-state index contributed by atoms with van der Waals surface area (Å²) in [7, 11) is 0. The summed E-state index contributed by atoms with van der Waals surface area (Å²) in [5.74, 6) is 0.000382. The Morgan fingerprint density at radius 3 is 3.00 bits per heavy atom. The molecule has 136 valence electrons. The number of hydrogen-bond acceptors (Lipinski definition) is 5. The van der Waals surface area contributed by atoms with Crippen LogP contribution in [-0.4, -0.2) is 44.8 Å². The van der Waals surface area contributed by atoms with Crippen LogP contribution in [0.25, 0.3) is 0 Å². The Kier molecular flexibility index (Phi) is 5.40. The smallest absolute Gasteiger partial charge is 0.251 e. The highest BCUT2D eigenvalue weighted by atomic mass is 16.2. The second kappa shape index (κ2) is 7.90. The lowest BCUT2D eigenvalue weighted by molar-refractivity contribution is -0.129. The van der Waals surface area contributed by atoms with E-state index in [9.17, 15) is 14.4 Å². The second-order valence-corrected chi connectivity index (χ2v) is 6.41. The van der Waals surface area contributed by atoms with Crippen LogP contribution in [0.4, 0.5) is 0 Å². The van der Waals surface area contributed by atoms with Gasteiger partial charge in [0.05, 0.1) is 5.92 Å². The fourth-order valence-electron chi connectivity index (χ4n) is 3.02. The monoisotopic (exact) mass is 355 g/mol. The van der Waals surface area contributed by atoms with Crippen molar-refractivity contribution in [2.24, 2.45) is 5.92 Å². The van der Waals surface area contributed by atoms with Gasteiger partial charge in [0.2, 0.25) is 11.8 Å². The van der Waals surface area contributed by atoms with Crippen LogP contribution >= 0.6 is 0 Å². The van der Waals surface area contributed by atoms with Gasteiger partial charge in [0, 0.05) is 56.6 Å². The van der Waals surface area contributed by atoms with E-state index >= 15 is 0 Å². The van der Waals surface area contributed by atoms with Crippen LogP contribution in [0.5, 0.6) is 0 Å². The highest BCUT2D eigenvalue weighted by Gasteiger charge is 2.34. The molecule has 8 nitrogen and oxygen atoms in total. The van der Waals surface area contributed by atoms with Gasteiger partial charge in [-0.05, 0) is 18.6 Å². The topological polar surface area (TPSA) is 108 Å². The van der Waals surface area contributed by atoms with Gasteiger partial charge in [0.1, 0.15) is 5.82 Å². The molecule has 0 unspecified atom stereocenters. The quantitative estimate of drug-likeness (QED) is 0.768. The van der Waals surface area contributed by atoms with Crippen molar-refractivity contribution in [3.63, 3.8) is 0 Å². The molecule has 3 rings (SSSR count). The highest BCUT2D eigenvalue weighted by Crippen LogP contribution is 2.20. The third-order valence-electron chi connectivity index (χ3n) is 4.26. The molecule has 1 aliphatic rings. The second-order valence-electron chi connectivity index (χ2n) is 6.41. The van der Waals surface area contributed by atoms with Crippen LogP contribution in [0.15, 0.2) is 35.4 Å². The summed E-state index contributed by atoms with van der Waals surface area (Å²) in [5, 5.41) is 2.82. The Morgan fingerprint density at radius 2 is 2.27 bits per heavy atom. The van der Waals surface area contributed by atoms with Crippen molar-refractivity contribution in [1.82, 2.24) is 25.2 Å². The first kappa shape index (κ1) is 17.8. The number of H-pyrrole nitrogens is 1. The number of likely N-dealkylation sites (tertiary alicyclic amines) is 1. The normalized spacial score (nSPS) is 16.7. The Hall–Kier alpha value is -3.03. The fraction of sp³-hybridized carbons (Fsp3) is 0.389. The van der Waals surface area contributed by atoms with E-state index in [4.69, 9.17) is 0 Å². The standard InChI is InChI=1S/C18H21N5O3/c1-12-7-16(24)22-15(21-12)4-6-20-18(26)14-8-17(25)23(11-14)10-13-3-2-5-19-9-13/h2-3,5,7,9,14H,4,6,8,10-11H2,1H3,(H,20,26)(H,21,22,24)/t14-/m0/s1. The highest BCUT2D eigenvalue weighted by molar-refractivity contribution is 5.89. The van der Waals surface area contributed by atoms with Crippen LogP contribution in [-0.2, 0) is 22.6 Å². The SMILES string of the molecule is Cc1cc(=O)[nH]c(CCNC(=O)[C@H]2CC(=O)N(Cc3cccnc3)C2)n1. The van der Waals surface area contributed by atoms with Crippen molar-refractivity contribution in [2.75, 3.05) is 13.1 Å². The predicted molar refractivity (Wildman–Crippen MR) is 94.1 cm³/mol. The predicted octanol–water partition coefficient (Wildman–Crippen LogP) is 0.181. The molecule has 0 aromatic carbocycles. The van der Waals surface area contributed by atoms with Gasteiger partial charge < -0.3 is 15.2 Å². The molecule has 0 aliphatic carbocycles. The van der Waals surface area contributed by atoms with Gasteiger partial charge in [-0.2, -0.15) is 0 Å². The number of nitrogens with one attached hydrogen (secondary N) is 2. The molecule has 8 heteroatoms. The number of carbonyl (C=O) groups is 2. The van der Waals surface area contributed by atoms with E-state index < -0.39 is 0 Å². The van der Waals surface area contributed by atoms with Gasteiger partial charge >= 0.3 is 0 Å². The van der Waals surface area contributed by atoms with E-state index in [0.717, 1.165) is 5.56 Å². The summed E-state index contributed by atoms with van der Waals surface area (Å²) in [6.07, 6.45) is 4.05. The van der Waals surface area contributed by atoms with Crippen molar-refractivity contribution in [3.05, 3.63) is 58.0 Å². The zero-order valence-electron chi connectivity index (χ0n) is 14.6. The number of amides is 2. The summed E-state index contributed by atoms with van der Waals surface area (Å²) in [5.41, 5.74) is 1.38. The minimum absolute atomic E-state index is 0.0290. The first-order chi connectivity index (χ1) is 12.5. The third-order valence-corrected chi connectivity index (χ3v) is 4.26. The molecule has 2 aromatic rings. The lowest BCUT2D eigenvalue weighted by Crippen LogP contribution is -2.34. The van der Waals surface area contributed by atoms with Crippen molar-refractivity contribution < 1.29 is 9.59 Å². The lowest BCUT2D eigenvalue weighted by Gasteiger charge is -2.16. The summed E-state index contributed by atoms with van der Waals surface area (Å²) in [6, 6.07) is 5.15. The molecule has 1 atom stereocenters. The van der Waals surface area contributed by atoms with Gasteiger partial charge in [-0.25, -0.2) is 4.98 Å². The first-order valence-corrected chi connectivity index (χ1v) is 8.52. The molecule has 26 heavy (non-hydrogen) atoms. The van der Waals surface area contributed by atoms with Crippen molar-refractivity contribution in [1.29, 1.82) is 0 Å². The van der Waals surface area contributed by atoms with Crippen LogP contribution < -0.4 is 10.9 Å². The number of rotatable bonds is 6. The number of aromatic amines is 1. The number of aromatic nitrogens is 3. The molecule has 1 saturated heterocycles. The molecule has 0 saturated carbocycles. The van der Waals surface area contributed by atoms with Crippen LogP contribution in [0.3, 0.4) is 0 Å². The summed E-state index contributed by atoms with van der Waals surface area (Å²) in [6.45, 7) is 2.97. The molecule has 1 aliphatic heterocycles. The molecule has 2 N–H and O–H groups in total. The molecule has 3 heterocycles. The van der Waals surface area contributed by atoms with Crippen molar-refractivity contribution in [2.45, 2.75) is 26.3 Å². The maximum Gasteiger partial charge on any atom is 0.251 e. The largest absolute Gasteiger partial charge is 0.355 e. The molecule has 1 fully saturated rings. The number of carbonyl (C=O) groups excluding carboxylic acids is 2. The zero-order valence-corrected chi connectivity index (χ0v) is 14.6. The van der Waals surface area contributed by atoms with Gasteiger partial charge in [-0.3, -0.25) is 19.4 Å². The number of pyridine rings is 1. The van der Waals surface area contributed by atoms with E-state index in [-0.39, 0.29) is 29.7 Å². The van der Waals surface area contributed by atoms with Gasteiger partial charge in [-0.1, -0.05) is 6.07 Å². The van der Waals surface area contributed by atoms with Gasteiger partial charge in [-0.15, -0.1) is 0 Å². The van der Waals surface area contributed by atoms with Gasteiger partial charge in [0.15, 0.2) is 0 Å². The average molecular weight is 355 g/mol. The van der Waals surface area contributed by atoms with E-state index in [1.807, 2.05) is 12.1 Å².